The van der Waals surface area contributed by atoms with Crippen molar-refractivity contribution in [3.63, 3.8) is 0 Å². The standard InChI is InChI=1S/C15H16F2INS/c1-2-6-19-14(10-7-15(18)20-9-10)8-11-12(16)4-3-5-13(11)17/h3-5,7,9,14,19H,2,6,8H2,1H3. The van der Waals surface area contributed by atoms with Crippen LogP contribution in [0.25, 0.3) is 0 Å². The smallest absolute Gasteiger partial charge is 0.129 e. The lowest BCUT2D eigenvalue weighted by Crippen LogP contribution is -2.24. The van der Waals surface area contributed by atoms with Crippen LogP contribution >= 0.6 is 33.9 Å². The third-order valence-electron chi connectivity index (χ3n) is 3.10. The summed E-state index contributed by atoms with van der Waals surface area (Å²) in [6.45, 7) is 2.90. The average Bonchev–Trinajstić information content (AvgIpc) is 2.84. The van der Waals surface area contributed by atoms with E-state index in [0.717, 1.165) is 18.5 Å². The fourth-order valence-corrected chi connectivity index (χ4v) is 3.49. The number of thiophene rings is 1. The second kappa shape index (κ2) is 7.47. The minimum Gasteiger partial charge on any atom is -0.310 e. The van der Waals surface area contributed by atoms with Gasteiger partial charge in [-0.2, -0.15) is 0 Å². The minimum absolute atomic E-state index is 0.0545. The first-order chi connectivity index (χ1) is 9.61. The molecule has 5 heteroatoms. The van der Waals surface area contributed by atoms with Gasteiger partial charge in [0.2, 0.25) is 0 Å². The monoisotopic (exact) mass is 407 g/mol. The SMILES string of the molecule is CCCNC(Cc1c(F)cccc1F)c1csc(I)c1. The Kier molecular flexibility index (Phi) is 5.92. The Hall–Kier alpha value is -0.530. The van der Waals surface area contributed by atoms with Crippen LogP contribution in [-0.4, -0.2) is 6.54 Å². The van der Waals surface area contributed by atoms with Gasteiger partial charge in [-0.15, -0.1) is 11.3 Å². The Labute approximate surface area is 135 Å². The molecule has 0 saturated heterocycles. The maximum atomic E-state index is 13.8. The van der Waals surface area contributed by atoms with Crippen molar-refractivity contribution < 1.29 is 8.78 Å². The van der Waals surface area contributed by atoms with Crippen molar-refractivity contribution in [2.45, 2.75) is 25.8 Å². The lowest BCUT2D eigenvalue weighted by molar-refractivity contribution is 0.491. The highest BCUT2D eigenvalue weighted by Gasteiger charge is 2.18. The number of benzene rings is 1. The molecule has 2 aromatic rings. The molecule has 108 valence electrons. The predicted octanol–water partition coefficient (Wildman–Crippen LogP) is 4.91. The maximum Gasteiger partial charge on any atom is 0.129 e. The zero-order chi connectivity index (χ0) is 14.5. The van der Waals surface area contributed by atoms with E-state index in [9.17, 15) is 8.78 Å². The van der Waals surface area contributed by atoms with Gasteiger partial charge in [-0.25, -0.2) is 8.78 Å². The van der Waals surface area contributed by atoms with Crippen molar-refractivity contribution in [3.8, 4) is 0 Å². The van der Waals surface area contributed by atoms with Crippen molar-refractivity contribution >= 4 is 33.9 Å². The molecule has 0 fully saturated rings. The molecule has 1 heterocycles. The lowest BCUT2D eigenvalue weighted by atomic mass is 10.00. The van der Waals surface area contributed by atoms with E-state index in [1.807, 2.05) is 5.38 Å². The van der Waals surface area contributed by atoms with Crippen LogP contribution in [0.2, 0.25) is 0 Å². The van der Waals surface area contributed by atoms with Crippen molar-refractivity contribution in [1.29, 1.82) is 0 Å². The zero-order valence-corrected chi connectivity index (χ0v) is 14.1. The Bertz CT molecular complexity index is 551. The molecular formula is C15H16F2INS. The summed E-state index contributed by atoms with van der Waals surface area (Å²) >= 11 is 3.90. The number of hydrogen-bond donors (Lipinski definition) is 1. The first-order valence-electron chi connectivity index (χ1n) is 6.52. The molecule has 0 saturated carbocycles. The summed E-state index contributed by atoms with van der Waals surface area (Å²) in [5, 5.41) is 5.42. The van der Waals surface area contributed by atoms with E-state index in [4.69, 9.17) is 0 Å². The van der Waals surface area contributed by atoms with Crippen molar-refractivity contribution in [2.75, 3.05) is 6.54 Å². The molecule has 20 heavy (non-hydrogen) atoms. The van der Waals surface area contributed by atoms with Gasteiger partial charge in [0.15, 0.2) is 0 Å². The number of nitrogens with one attached hydrogen (secondary N) is 1. The fraction of sp³-hybridized carbons (Fsp3) is 0.333. The molecule has 1 N–H and O–H groups in total. The molecule has 2 rings (SSSR count). The summed E-state index contributed by atoms with van der Waals surface area (Å²) in [7, 11) is 0. The van der Waals surface area contributed by atoms with E-state index in [2.05, 4.69) is 40.9 Å². The molecule has 1 unspecified atom stereocenters. The Morgan fingerprint density at radius 3 is 2.55 bits per heavy atom. The fourth-order valence-electron chi connectivity index (χ4n) is 2.06. The maximum absolute atomic E-state index is 13.8. The van der Waals surface area contributed by atoms with Crippen LogP contribution in [0.5, 0.6) is 0 Å². The van der Waals surface area contributed by atoms with Crippen LogP contribution in [0, 0.1) is 14.5 Å². The molecule has 0 aliphatic heterocycles. The second-order valence-electron chi connectivity index (χ2n) is 4.60. The van der Waals surface area contributed by atoms with Crippen molar-refractivity contribution in [2.24, 2.45) is 0 Å². The zero-order valence-electron chi connectivity index (χ0n) is 11.1. The Balaban J connectivity index is 2.23. The molecule has 0 amide bonds. The number of halogens is 3. The molecule has 1 aromatic heterocycles. The summed E-state index contributed by atoms with van der Waals surface area (Å²) in [4.78, 5) is 0. The summed E-state index contributed by atoms with van der Waals surface area (Å²) in [5.41, 5.74) is 1.25. The Morgan fingerprint density at radius 2 is 2.00 bits per heavy atom. The molecule has 0 radical (unpaired) electrons. The number of hydrogen-bond acceptors (Lipinski definition) is 2. The molecular weight excluding hydrogens is 391 g/mol. The van der Waals surface area contributed by atoms with Crippen LogP contribution in [-0.2, 0) is 6.42 Å². The first kappa shape index (κ1) is 15.9. The van der Waals surface area contributed by atoms with Crippen LogP contribution in [0.3, 0.4) is 0 Å². The van der Waals surface area contributed by atoms with Gasteiger partial charge >= 0.3 is 0 Å². The van der Waals surface area contributed by atoms with E-state index < -0.39 is 11.6 Å². The van der Waals surface area contributed by atoms with E-state index in [1.54, 1.807) is 11.3 Å². The van der Waals surface area contributed by atoms with Crippen LogP contribution in [0.4, 0.5) is 8.78 Å². The Morgan fingerprint density at radius 1 is 1.30 bits per heavy atom. The van der Waals surface area contributed by atoms with E-state index in [0.29, 0.717) is 6.42 Å². The van der Waals surface area contributed by atoms with E-state index in [1.165, 1.54) is 21.1 Å². The molecule has 0 bridgehead atoms. The van der Waals surface area contributed by atoms with Crippen molar-refractivity contribution in [3.05, 3.63) is 55.3 Å². The van der Waals surface area contributed by atoms with Gasteiger partial charge in [0.25, 0.3) is 0 Å². The highest BCUT2D eigenvalue weighted by atomic mass is 127. The first-order valence-corrected chi connectivity index (χ1v) is 8.48. The normalized spacial score (nSPS) is 12.6. The number of rotatable bonds is 6. The summed E-state index contributed by atoms with van der Waals surface area (Å²) < 4.78 is 28.8. The highest BCUT2D eigenvalue weighted by Crippen LogP contribution is 2.26. The third-order valence-corrected chi connectivity index (χ3v) is 4.91. The van der Waals surface area contributed by atoms with Gasteiger partial charge in [0.05, 0.1) is 2.88 Å². The van der Waals surface area contributed by atoms with Gasteiger partial charge in [-0.1, -0.05) is 13.0 Å². The molecule has 0 aliphatic carbocycles. The van der Waals surface area contributed by atoms with Crippen LogP contribution in [0.1, 0.15) is 30.5 Å². The minimum atomic E-state index is -0.474. The second-order valence-corrected chi connectivity index (χ2v) is 7.40. The van der Waals surface area contributed by atoms with E-state index >= 15 is 0 Å². The molecule has 1 aromatic carbocycles. The van der Waals surface area contributed by atoms with Crippen LogP contribution in [0.15, 0.2) is 29.6 Å². The van der Waals surface area contributed by atoms with Gasteiger partial charge in [0, 0.05) is 11.6 Å². The van der Waals surface area contributed by atoms with Crippen molar-refractivity contribution in [1.82, 2.24) is 5.32 Å². The summed E-state index contributed by atoms with van der Waals surface area (Å²) in [5.74, 6) is -0.948. The predicted molar refractivity (Wildman–Crippen MR) is 88.1 cm³/mol. The van der Waals surface area contributed by atoms with Gasteiger partial charge in [0.1, 0.15) is 11.6 Å². The molecule has 0 aliphatic rings. The topological polar surface area (TPSA) is 12.0 Å². The quantitative estimate of drug-likeness (QED) is 0.671. The van der Waals surface area contributed by atoms with Crippen LogP contribution < -0.4 is 5.32 Å². The highest BCUT2D eigenvalue weighted by molar-refractivity contribution is 14.1. The molecule has 1 nitrogen and oxygen atoms in total. The van der Waals surface area contributed by atoms with Gasteiger partial charge in [-0.05, 0) is 71.1 Å². The molecule has 0 spiro atoms. The summed E-state index contributed by atoms with van der Waals surface area (Å²) in [6.07, 6.45) is 1.31. The van der Waals surface area contributed by atoms with Gasteiger partial charge in [-0.3, -0.25) is 0 Å². The largest absolute Gasteiger partial charge is 0.310 e. The van der Waals surface area contributed by atoms with Gasteiger partial charge < -0.3 is 5.32 Å². The average molecular weight is 407 g/mol. The summed E-state index contributed by atoms with van der Waals surface area (Å²) in [6, 6.07) is 6.04. The molecule has 1 atom stereocenters. The van der Waals surface area contributed by atoms with E-state index in [-0.39, 0.29) is 11.6 Å². The lowest BCUT2D eigenvalue weighted by Gasteiger charge is -2.18. The third kappa shape index (κ3) is 3.99.